The average Bonchev–Trinajstić information content (AvgIpc) is 3.05. The molecule has 1 heterocycles. The molecule has 0 saturated carbocycles. The molecule has 1 aliphatic heterocycles. The van der Waals surface area contributed by atoms with Crippen molar-refractivity contribution < 1.29 is 24.2 Å². The molecule has 6 heteroatoms. The normalized spacial score (nSPS) is 16.2. The first-order chi connectivity index (χ1) is 15.5. The third-order valence-electron chi connectivity index (χ3n) is 5.33. The molecule has 4 rings (SSSR count). The molecular formula is C26H20FNO4. The Morgan fingerprint density at radius 2 is 1.72 bits per heavy atom. The van der Waals surface area contributed by atoms with Gasteiger partial charge in [-0.3, -0.25) is 9.69 Å². The number of hydrogen-bond acceptors (Lipinski definition) is 3. The van der Waals surface area contributed by atoms with Gasteiger partial charge in [0, 0.05) is 16.8 Å². The Balaban J connectivity index is 1.77. The zero-order chi connectivity index (χ0) is 22.7. The van der Waals surface area contributed by atoms with Gasteiger partial charge >= 0.3 is 5.97 Å². The van der Waals surface area contributed by atoms with Crippen LogP contribution in [0, 0.1) is 5.82 Å². The molecule has 32 heavy (non-hydrogen) atoms. The van der Waals surface area contributed by atoms with E-state index < -0.39 is 29.5 Å². The SMILES string of the molecule is O=C(O)c1cccc(N2C(=O)C(O)=C(CC=Cc3ccccc3)C2c2ccccc2F)c1. The number of anilines is 1. The van der Waals surface area contributed by atoms with Crippen molar-refractivity contribution in [2.75, 3.05) is 4.90 Å². The lowest BCUT2D eigenvalue weighted by Crippen LogP contribution is -2.31. The monoisotopic (exact) mass is 429 g/mol. The van der Waals surface area contributed by atoms with E-state index in [2.05, 4.69) is 0 Å². The van der Waals surface area contributed by atoms with Crippen LogP contribution in [0.2, 0.25) is 0 Å². The van der Waals surface area contributed by atoms with Crippen molar-refractivity contribution in [3.05, 3.63) is 119 Å². The van der Waals surface area contributed by atoms with Crippen molar-refractivity contribution in [2.45, 2.75) is 12.5 Å². The number of allylic oxidation sites excluding steroid dienone is 1. The van der Waals surface area contributed by atoms with Crippen LogP contribution in [0.15, 0.2) is 96.3 Å². The van der Waals surface area contributed by atoms with Crippen LogP contribution in [0.4, 0.5) is 10.1 Å². The van der Waals surface area contributed by atoms with E-state index in [4.69, 9.17) is 0 Å². The van der Waals surface area contributed by atoms with Gasteiger partial charge in [0.05, 0.1) is 11.6 Å². The number of carbonyl (C=O) groups is 2. The Hall–Kier alpha value is -4.19. The van der Waals surface area contributed by atoms with Crippen molar-refractivity contribution in [1.29, 1.82) is 0 Å². The highest BCUT2D eigenvalue weighted by atomic mass is 19.1. The first-order valence-corrected chi connectivity index (χ1v) is 10.0. The molecule has 5 nitrogen and oxygen atoms in total. The van der Waals surface area contributed by atoms with E-state index >= 15 is 0 Å². The molecule has 3 aromatic carbocycles. The summed E-state index contributed by atoms with van der Waals surface area (Å²) in [5, 5.41) is 20.0. The lowest BCUT2D eigenvalue weighted by molar-refractivity contribution is -0.117. The second-order valence-corrected chi connectivity index (χ2v) is 7.35. The summed E-state index contributed by atoms with van der Waals surface area (Å²) in [5.74, 6) is -2.84. The summed E-state index contributed by atoms with van der Waals surface area (Å²) >= 11 is 0. The molecule has 0 bridgehead atoms. The van der Waals surface area contributed by atoms with Gasteiger partial charge in [-0.2, -0.15) is 0 Å². The summed E-state index contributed by atoms with van der Waals surface area (Å²) in [5.41, 5.74) is 1.75. The minimum absolute atomic E-state index is 0.0144. The molecular weight excluding hydrogens is 409 g/mol. The van der Waals surface area contributed by atoms with Gasteiger partial charge in [-0.25, -0.2) is 9.18 Å². The standard InChI is InChI=1S/C26H20FNO4/c27-22-15-5-4-13-20(22)23-21(14-6-10-17-8-2-1-3-9-17)24(29)25(30)28(23)19-12-7-11-18(16-19)26(31)32/h1-13,15-16,23,29H,14H2,(H,31,32). The number of carboxylic acids is 1. The van der Waals surface area contributed by atoms with Gasteiger partial charge in [-0.15, -0.1) is 0 Å². The third kappa shape index (κ3) is 4.03. The van der Waals surface area contributed by atoms with Crippen molar-refractivity contribution in [1.82, 2.24) is 0 Å². The van der Waals surface area contributed by atoms with Crippen molar-refractivity contribution in [3.63, 3.8) is 0 Å². The second kappa shape index (κ2) is 8.89. The maximum absolute atomic E-state index is 14.8. The van der Waals surface area contributed by atoms with Gasteiger partial charge in [-0.05, 0) is 36.2 Å². The topological polar surface area (TPSA) is 77.8 Å². The zero-order valence-corrected chi connectivity index (χ0v) is 17.0. The molecule has 160 valence electrons. The molecule has 0 fully saturated rings. The Morgan fingerprint density at radius 3 is 2.44 bits per heavy atom. The van der Waals surface area contributed by atoms with Crippen molar-refractivity contribution >= 4 is 23.6 Å². The number of rotatable bonds is 6. The number of benzene rings is 3. The van der Waals surface area contributed by atoms with Gasteiger partial charge < -0.3 is 10.2 Å². The summed E-state index contributed by atoms with van der Waals surface area (Å²) < 4.78 is 14.8. The number of aliphatic hydroxyl groups is 1. The summed E-state index contributed by atoms with van der Waals surface area (Å²) in [6.07, 6.45) is 3.87. The molecule has 0 saturated heterocycles. The van der Waals surface area contributed by atoms with E-state index in [9.17, 15) is 24.2 Å². The first-order valence-electron chi connectivity index (χ1n) is 10.0. The highest BCUT2D eigenvalue weighted by Crippen LogP contribution is 2.43. The predicted molar refractivity (Wildman–Crippen MR) is 120 cm³/mol. The summed E-state index contributed by atoms with van der Waals surface area (Å²) in [6, 6.07) is 20.5. The van der Waals surface area contributed by atoms with E-state index in [1.54, 1.807) is 30.3 Å². The summed E-state index contributed by atoms with van der Waals surface area (Å²) in [4.78, 5) is 25.7. The maximum Gasteiger partial charge on any atom is 0.335 e. The fourth-order valence-corrected chi connectivity index (χ4v) is 3.83. The average molecular weight is 429 g/mol. The van der Waals surface area contributed by atoms with Gasteiger partial charge in [-0.1, -0.05) is 66.7 Å². The summed E-state index contributed by atoms with van der Waals surface area (Å²) in [6.45, 7) is 0. The number of hydrogen-bond donors (Lipinski definition) is 2. The molecule has 1 unspecified atom stereocenters. The van der Waals surface area contributed by atoms with E-state index in [1.165, 1.54) is 29.2 Å². The Kier molecular flexibility index (Phi) is 5.85. The van der Waals surface area contributed by atoms with Crippen LogP contribution in [0.5, 0.6) is 0 Å². The first kappa shape index (κ1) is 21.1. The second-order valence-electron chi connectivity index (χ2n) is 7.35. The fraction of sp³-hybridized carbons (Fsp3) is 0.0769. The van der Waals surface area contributed by atoms with Crippen LogP contribution in [0.25, 0.3) is 6.08 Å². The van der Waals surface area contributed by atoms with Gasteiger partial charge in [0.25, 0.3) is 5.91 Å². The molecule has 1 amide bonds. The van der Waals surface area contributed by atoms with Crippen LogP contribution < -0.4 is 4.90 Å². The number of aliphatic hydroxyl groups excluding tert-OH is 1. The van der Waals surface area contributed by atoms with E-state index in [-0.39, 0.29) is 23.2 Å². The molecule has 0 aliphatic carbocycles. The highest BCUT2D eigenvalue weighted by molar-refractivity contribution is 6.09. The molecule has 0 spiro atoms. The van der Waals surface area contributed by atoms with Crippen molar-refractivity contribution in [3.8, 4) is 0 Å². The van der Waals surface area contributed by atoms with Crippen LogP contribution in [-0.2, 0) is 4.79 Å². The van der Waals surface area contributed by atoms with Crippen LogP contribution >= 0.6 is 0 Å². The quantitative estimate of drug-likeness (QED) is 0.540. The Morgan fingerprint density at radius 1 is 1.00 bits per heavy atom. The molecule has 1 atom stereocenters. The molecule has 0 radical (unpaired) electrons. The van der Waals surface area contributed by atoms with Gasteiger partial charge in [0.15, 0.2) is 5.76 Å². The van der Waals surface area contributed by atoms with Crippen molar-refractivity contribution in [2.24, 2.45) is 0 Å². The summed E-state index contributed by atoms with van der Waals surface area (Å²) in [7, 11) is 0. The lowest BCUT2D eigenvalue weighted by atomic mass is 9.95. The number of nitrogens with zero attached hydrogens (tertiary/aromatic N) is 1. The minimum atomic E-state index is -1.15. The zero-order valence-electron chi connectivity index (χ0n) is 17.0. The largest absolute Gasteiger partial charge is 0.503 e. The van der Waals surface area contributed by atoms with E-state index in [1.807, 2.05) is 36.4 Å². The molecule has 0 aromatic heterocycles. The minimum Gasteiger partial charge on any atom is -0.503 e. The number of aromatic carboxylic acids is 1. The van der Waals surface area contributed by atoms with Gasteiger partial charge in [0.1, 0.15) is 5.82 Å². The smallest absolute Gasteiger partial charge is 0.335 e. The van der Waals surface area contributed by atoms with E-state index in [0.29, 0.717) is 5.57 Å². The fourth-order valence-electron chi connectivity index (χ4n) is 3.83. The molecule has 2 N–H and O–H groups in total. The van der Waals surface area contributed by atoms with E-state index in [0.717, 1.165) is 5.56 Å². The molecule has 3 aromatic rings. The lowest BCUT2D eigenvalue weighted by Gasteiger charge is -2.27. The third-order valence-corrected chi connectivity index (χ3v) is 5.33. The highest BCUT2D eigenvalue weighted by Gasteiger charge is 2.41. The van der Waals surface area contributed by atoms with Crippen LogP contribution in [0.1, 0.15) is 33.9 Å². The predicted octanol–water partition coefficient (Wildman–Crippen LogP) is 5.53. The number of halogens is 1. The maximum atomic E-state index is 14.8. The van der Waals surface area contributed by atoms with Crippen LogP contribution in [0.3, 0.4) is 0 Å². The Labute approximate surface area is 184 Å². The van der Waals surface area contributed by atoms with Gasteiger partial charge in [0.2, 0.25) is 0 Å². The number of carboxylic acid groups (broad SMARTS) is 1. The van der Waals surface area contributed by atoms with Crippen LogP contribution in [-0.4, -0.2) is 22.1 Å². The molecule has 1 aliphatic rings. The number of amides is 1. The number of carbonyl (C=O) groups excluding carboxylic acids is 1. The Bertz CT molecular complexity index is 1230.